The minimum absolute atomic E-state index is 0.326. The van der Waals surface area contributed by atoms with Crippen molar-refractivity contribution in [1.29, 1.82) is 5.26 Å². The zero-order valence-electron chi connectivity index (χ0n) is 9.82. The van der Waals surface area contributed by atoms with Crippen LogP contribution in [0.15, 0.2) is 24.3 Å². The van der Waals surface area contributed by atoms with Gasteiger partial charge in [0.05, 0.1) is 17.7 Å². The van der Waals surface area contributed by atoms with Gasteiger partial charge in [0.25, 0.3) is 0 Å². The van der Waals surface area contributed by atoms with Crippen molar-refractivity contribution in [3.8, 4) is 6.07 Å². The number of carbonyl (C=O) groups excluding carboxylic acids is 1. The SMILES string of the molecule is CNC.CNC(C=O)c1cccc(C#N)c1. The van der Waals surface area contributed by atoms with E-state index in [0.29, 0.717) is 5.56 Å². The van der Waals surface area contributed by atoms with Gasteiger partial charge in [-0.1, -0.05) is 12.1 Å². The number of hydrogen-bond donors (Lipinski definition) is 2. The summed E-state index contributed by atoms with van der Waals surface area (Å²) in [6.07, 6.45) is 0.816. The molecule has 0 aliphatic rings. The van der Waals surface area contributed by atoms with E-state index in [-0.39, 0.29) is 6.04 Å². The summed E-state index contributed by atoms with van der Waals surface area (Å²) in [4.78, 5) is 10.6. The highest BCUT2D eigenvalue weighted by molar-refractivity contribution is 5.61. The Kier molecular flexibility index (Phi) is 7.68. The lowest BCUT2D eigenvalue weighted by Crippen LogP contribution is -2.17. The van der Waals surface area contributed by atoms with Crippen molar-refractivity contribution in [3.05, 3.63) is 35.4 Å². The molecule has 0 heterocycles. The number of nitrogens with one attached hydrogen (secondary N) is 2. The Morgan fingerprint density at radius 2 is 2.00 bits per heavy atom. The third kappa shape index (κ3) is 4.69. The molecule has 1 aromatic carbocycles. The van der Waals surface area contributed by atoms with Gasteiger partial charge < -0.3 is 15.4 Å². The van der Waals surface area contributed by atoms with E-state index >= 15 is 0 Å². The molecule has 0 saturated heterocycles. The molecule has 86 valence electrons. The van der Waals surface area contributed by atoms with Crippen LogP contribution in [0.2, 0.25) is 0 Å². The second-order valence-electron chi connectivity index (χ2n) is 3.14. The fourth-order valence-corrected chi connectivity index (χ4v) is 1.11. The maximum absolute atomic E-state index is 10.6. The van der Waals surface area contributed by atoms with Gasteiger partial charge in [0.1, 0.15) is 6.29 Å². The Labute approximate surface area is 96.3 Å². The first kappa shape index (κ1) is 14.3. The lowest BCUT2D eigenvalue weighted by molar-refractivity contribution is -0.109. The Hall–Kier alpha value is -1.70. The van der Waals surface area contributed by atoms with Gasteiger partial charge in [0, 0.05) is 0 Å². The minimum atomic E-state index is -0.326. The smallest absolute Gasteiger partial charge is 0.141 e. The quantitative estimate of drug-likeness (QED) is 0.740. The summed E-state index contributed by atoms with van der Waals surface area (Å²) in [5, 5.41) is 14.2. The molecule has 1 atom stereocenters. The Balaban J connectivity index is 0.000000673. The average molecular weight is 219 g/mol. The van der Waals surface area contributed by atoms with Crippen molar-refractivity contribution in [2.75, 3.05) is 21.1 Å². The fraction of sp³-hybridized carbons (Fsp3) is 0.333. The lowest BCUT2D eigenvalue weighted by Gasteiger charge is -2.08. The van der Waals surface area contributed by atoms with Crippen molar-refractivity contribution in [1.82, 2.24) is 10.6 Å². The monoisotopic (exact) mass is 219 g/mol. The van der Waals surface area contributed by atoms with Crippen LogP contribution in [-0.4, -0.2) is 27.4 Å². The summed E-state index contributed by atoms with van der Waals surface area (Å²) in [6, 6.07) is 8.70. The molecule has 0 aliphatic carbocycles. The van der Waals surface area contributed by atoms with Crippen molar-refractivity contribution in [2.45, 2.75) is 6.04 Å². The first-order valence-electron chi connectivity index (χ1n) is 4.94. The first-order chi connectivity index (χ1) is 7.73. The Bertz CT molecular complexity index is 358. The fourth-order valence-electron chi connectivity index (χ4n) is 1.11. The van der Waals surface area contributed by atoms with E-state index in [1.54, 1.807) is 25.2 Å². The Morgan fingerprint density at radius 1 is 1.38 bits per heavy atom. The van der Waals surface area contributed by atoms with E-state index in [2.05, 4.69) is 10.6 Å². The van der Waals surface area contributed by atoms with Gasteiger partial charge in [0.15, 0.2) is 0 Å². The van der Waals surface area contributed by atoms with Crippen LogP contribution in [-0.2, 0) is 4.79 Å². The third-order valence-electron chi connectivity index (χ3n) is 1.82. The normalized spacial score (nSPS) is 10.6. The van der Waals surface area contributed by atoms with Crippen molar-refractivity contribution in [2.24, 2.45) is 0 Å². The third-order valence-corrected chi connectivity index (χ3v) is 1.82. The van der Waals surface area contributed by atoms with E-state index in [1.807, 2.05) is 26.2 Å². The molecular weight excluding hydrogens is 202 g/mol. The number of nitrogens with zero attached hydrogens (tertiary/aromatic N) is 1. The van der Waals surface area contributed by atoms with Gasteiger partial charge in [-0.15, -0.1) is 0 Å². The number of aldehydes is 1. The molecule has 2 N–H and O–H groups in total. The topological polar surface area (TPSA) is 64.9 Å². The van der Waals surface area contributed by atoms with Crippen LogP contribution >= 0.6 is 0 Å². The second-order valence-corrected chi connectivity index (χ2v) is 3.14. The van der Waals surface area contributed by atoms with E-state index in [4.69, 9.17) is 5.26 Å². The summed E-state index contributed by atoms with van der Waals surface area (Å²) in [6.45, 7) is 0. The van der Waals surface area contributed by atoms with Crippen LogP contribution in [0.4, 0.5) is 0 Å². The molecule has 4 heteroatoms. The maximum atomic E-state index is 10.6. The molecule has 0 saturated carbocycles. The summed E-state index contributed by atoms with van der Waals surface area (Å²) < 4.78 is 0. The maximum Gasteiger partial charge on any atom is 0.141 e. The molecule has 16 heavy (non-hydrogen) atoms. The minimum Gasteiger partial charge on any atom is -0.323 e. The first-order valence-corrected chi connectivity index (χ1v) is 4.94. The van der Waals surface area contributed by atoms with Crippen LogP contribution in [0, 0.1) is 11.3 Å². The van der Waals surface area contributed by atoms with Crippen LogP contribution in [0.5, 0.6) is 0 Å². The number of hydrogen-bond acceptors (Lipinski definition) is 4. The van der Waals surface area contributed by atoms with Crippen LogP contribution in [0.1, 0.15) is 17.2 Å². The standard InChI is InChI=1S/C10H10N2O.C2H7N/c1-12-10(7-13)9-4-2-3-8(5-9)6-11;1-3-2/h2-5,7,10,12H,1H3;3H,1-2H3. The van der Waals surface area contributed by atoms with E-state index < -0.39 is 0 Å². The molecular formula is C12H17N3O. The molecule has 0 spiro atoms. The zero-order valence-corrected chi connectivity index (χ0v) is 9.82. The van der Waals surface area contributed by atoms with Gasteiger partial charge >= 0.3 is 0 Å². The van der Waals surface area contributed by atoms with Gasteiger partial charge in [-0.25, -0.2) is 0 Å². The van der Waals surface area contributed by atoms with Crippen LogP contribution < -0.4 is 10.6 Å². The van der Waals surface area contributed by atoms with Gasteiger partial charge in [-0.05, 0) is 38.8 Å². The van der Waals surface area contributed by atoms with Crippen molar-refractivity contribution < 1.29 is 4.79 Å². The number of nitriles is 1. The highest BCUT2D eigenvalue weighted by atomic mass is 16.1. The largest absolute Gasteiger partial charge is 0.323 e. The molecule has 1 unspecified atom stereocenters. The number of rotatable bonds is 3. The summed E-state index contributed by atoms with van der Waals surface area (Å²) in [5.74, 6) is 0. The molecule has 0 fully saturated rings. The predicted molar refractivity (Wildman–Crippen MR) is 64.0 cm³/mol. The molecule has 0 aromatic heterocycles. The number of carbonyl (C=O) groups is 1. The predicted octanol–water partition coefficient (Wildman–Crippen LogP) is 0.853. The number of benzene rings is 1. The van der Waals surface area contributed by atoms with E-state index in [1.165, 1.54) is 0 Å². The molecule has 4 nitrogen and oxygen atoms in total. The van der Waals surface area contributed by atoms with Crippen molar-refractivity contribution >= 4 is 6.29 Å². The molecule has 1 rings (SSSR count). The van der Waals surface area contributed by atoms with Crippen LogP contribution in [0.25, 0.3) is 0 Å². The second kappa shape index (κ2) is 8.60. The highest BCUT2D eigenvalue weighted by Gasteiger charge is 2.06. The van der Waals surface area contributed by atoms with Crippen LogP contribution in [0.3, 0.4) is 0 Å². The molecule has 1 aromatic rings. The lowest BCUT2D eigenvalue weighted by atomic mass is 10.1. The van der Waals surface area contributed by atoms with E-state index in [9.17, 15) is 4.79 Å². The molecule has 0 amide bonds. The highest BCUT2D eigenvalue weighted by Crippen LogP contribution is 2.11. The van der Waals surface area contributed by atoms with Crippen molar-refractivity contribution in [3.63, 3.8) is 0 Å². The molecule has 0 aliphatic heterocycles. The molecule has 0 bridgehead atoms. The Morgan fingerprint density at radius 3 is 2.44 bits per heavy atom. The number of likely N-dealkylation sites (N-methyl/N-ethyl adjacent to an activating group) is 1. The van der Waals surface area contributed by atoms with E-state index in [0.717, 1.165) is 11.8 Å². The zero-order chi connectivity index (χ0) is 12.4. The summed E-state index contributed by atoms with van der Waals surface area (Å²) in [7, 11) is 5.46. The molecule has 0 radical (unpaired) electrons. The summed E-state index contributed by atoms with van der Waals surface area (Å²) >= 11 is 0. The van der Waals surface area contributed by atoms with Gasteiger partial charge in [-0.3, -0.25) is 0 Å². The van der Waals surface area contributed by atoms with Gasteiger partial charge in [-0.2, -0.15) is 5.26 Å². The average Bonchev–Trinajstić information content (AvgIpc) is 2.32. The van der Waals surface area contributed by atoms with Gasteiger partial charge in [0.2, 0.25) is 0 Å². The summed E-state index contributed by atoms with van der Waals surface area (Å²) in [5.41, 5.74) is 1.39.